The van der Waals surface area contributed by atoms with Crippen molar-refractivity contribution in [2.45, 2.75) is 6.54 Å². The summed E-state index contributed by atoms with van der Waals surface area (Å²) in [4.78, 5) is 7.88. The summed E-state index contributed by atoms with van der Waals surface area (Å²) < 4.78 is 0. The molecule has 1 aromatic heterocycles. The molecule has 0 saturated carbocycles. The highest BCUT2D eigenvalue weighted by molar-refractivity contribution is 7.78. The first-order valence-corrected chi connectivity index (χ1v) is 3.19. The number of nitrogens with zero attached hydrogens (tertiary/aromatic N) is 2. The first-order valence-electron chi connectivity index (χ1n) is 2.78. The largest absolute Gasteiger partial charge is 0.368 e. The Labute approximate surface area is 64.5 Å². The van der Waals surface area contributed by atoms with Gasteiger partial charge in [0, 0.05) is 12.4 Å². The SMILES string of the molecule is S=[C]NCc1cnccn1. The molecule has 0 aliphatic rings. The van der Waals surface area contributed by atoms with Gasteiger partial charge in [0.25, 0.3) is 0 Å². The van der Waals surface area contributed by atoms with E-state index in [1.807, 2.05) is 0 Å². The highest BCUT2D eigenvalue weighted by Gasteiger charge is 1.87. The molecule has 0 aliphatic carbocycles. The maximum Gasteiger partial charge on any atom is 0.134 e. The molecule has 1 aromatic rings. The van der Waals surface area contributed by atoms with Gasteiger partial charge in [-0.2, -0.15) is 0 Å². The van der Waals surface area contributed by atoms with E-state index in [1.54, 1.807) is 18.6 Å². The average molecular weight is 152 g/mol. The second kappa shape index (κ2) is 3.90. The van der Waals surface area contributed by atoms with Crippen LogP contribution < -0.4 is 5.32 Å². The van der Waals surface area contributed by atoms with Crippen LogP contribution in [0.15, 0.2) is 18.6 Å². The fourth-order valence-corrected chi connectivity index (χ4v) is 0.620. The van der Waals surface area contributed by atoms with Crippen molar-refractivity contribution >= 4 is 17.7 Å². The molecular weight excluding hydrogens is 146 g/mol. The fraction of sp³-hybridized carbons (Fsp3) is 0.167. The van der Waals surface area contributed by atoms with Gasteiger partial charge < -0.3 is 5.32 Å². The highest BCUT2D eigenvalue weighted by atomic mass is 32.1. The monoisotopic (exact) mass is 152 g/mol. The number of hydrogen-bond acceptors (Lipinski definition) is 3. The van der Waals surface area contributed by atoms with Crippen molar-refractivity contribution in [3.8, 4) is 0 Å². The molecule has 0 aliphatic heterocycles. The van der Waals surface area contributed by atoms with Crippen LogP contribution in [0.1, 0.15) is 5.69 Å². The molecule has 0 aromatic carbocycles. The van der Waals surface area contributed by atoms with Crippen LogP contribution in [-0.4, -0.2) is 15.5 Å². The van der Waals surface area contributed by atoms with Crippen LogP contribution in [-0.2, 0) is 6.54 Å². The van der Waals surface area contributed by atoms with Crippen LogP contribution in [0.5, 0.6) is 0 Å². The highest BCUT2D eigenvalue weighted by Crippen LogP contribution is 1.86. The molecule has 1 radical (unpaired) electrons. The van der Waals surface area contributed by atoms with Crippen molar-refractivity contribution in [3.63, 3.8) is 0 Å². The number of nitrogens with one attached hydrogen (secondary N) is 1. The second-order valence-corrected chi connectivity index (χ2v) is 1.86. The minimum absolute atomic E-state index is 0.595. The summed E-state index contributed by atoms with van der Waals surface area (Å²) in [5, 5.41) is 2.73. The number of hydrogen-bond donors (Lipinski definition) is 1. The van der Waals surface area contributed by atoms with Crippen molar-refractivity contribution in [1.82, 2.24) is 15.3 Å². The third-order valence-corrected chi connectivity index (χ3v) is 1.10. The zero-order valence-electron chi connectivity index (χ0n) is 5.24. The summed E-state index contributed by atoms with van der Waals surface area (Å²) in [6.45, 7) is 0.595. The Hall–Kier alpha value is -1.03. The predicted octanol–water partition coefficient (Wildman–Crippen LogP) is 0.400. The van der Waals surface area contributed by atoms with Crippen LogP contribution in [0, 0.1) is 0 Å². The summed E-state index contributed by atoms with van der Waals surface area (Å²) in [7, 11) is 0. The van der Waals surface area contributed by atoms with E-state index in [-0.39, 0.29) is 0 Å². The average Bonchev–Trinajstić information content (AvgIpc) is 2.03. The Morgan fingerprint density at radius 3 is 3.10 bits per heavy atom. The Bertz CT molecular complexity index is 199. The first kappa shape index (κ1) is 7.08. The minimum atomic E-state index is 0.595. The van der Waals surface area contributed by atoms with Crippen LogP contribution in [0.3, 0.4) is 0 Å². The molecular formula is C6H6N3S. The summed E-state index contributed by atoms with van der Waals surface area (Å²) >= 11 is 4.44. The molecule has 1 N–H and O–H groups in total. The molecule has 0 fully saturated rings. The van der Waals surface area contributed by atoms with Gasteiger partial charge >= 0.3 is 0 Å². The standard InChI is InChI=1S/C6H6N3S/c10-5-8-4-6-3-7-1-2-9-6/h1-3H,4H2,(H,8,10). The van der Waals surface area contributed by atoms with Gasteiger partial charge in [0.2, 0.25) is 0 Å². The molecule has 0 amide bonds. The maximum atomic E-state index is 4.44. The van der Waals surface area contributed by atoms with E-state index in [1.165, 1.54) is 0 Å². The first-order chi connectivity index (χ1) is 4.93. The zero-order valence-corrected chi connectivity index (χ0v) is 6.06. The lowest BCUT2D eigenvalue weighted by molar-refractivity contribution is 0.882. The molecule has 1 heterocycles. The molecule has 51 valence electrons. The van der Waals surface area contributed by atoms with E-state index in [0.29, 0.717) is 6.54 Å². The Kier molecular flexibility index (Phi) is 2.76. The quantitative estimate of drug-likeness (QED) is 0.502. The van der Waals surface area contributed by atoms with E-state index in [4.69, 9.17) is 0 Å². The third kappa shape index (κ3) is 2.06. The van der Waals surface area contributed by atoms with Crippen molar-refractivity contribution < 1.29 is 0 Å². The van der Waals surface area contributed by atoms with Crippen molar-refractivity contribution in [3.05, 3.63) is 24.3 Å². The molecule has 0 unspecified atom stereocenters. The van der Waals surface area contributed by atoms with Crippen LogP contribution in [0.25, 0.3) is 0 Å². The number of rotatable bonds is 3. The van der Waals surface area contributed by atoms with Gasteiger partial charge in [-0.15, -0.1) is 0 Å². The molecule has 3 nitrogen and oxygen atoms in total. The van der Waals surface area contributed by atoms with Gasteiger partial charge in [-0.05, 0) is 0 Å². The number of thiocarbonyl (C=S) groups is 1. The molecule has 0 saturated heterocycles. The van der Waals surface area contributed by atoms with Gasteiger partial charge in [-0.3, -0.25) is 9.97 Å². The molecule has 0 spiro atoms. The van der Waals surface area contributed by atoms with Crippen molar-refractivity contribution in [2.75, 3.05) is 0 Å². The van der Waals surface area contributed by atoms with Crippen molar-refractivity contribution in [2.24, 2.45) is 0 Å². The second-order valence-electron chi connectivity index (χ2n) is 1.65. The van der Waals surface area contributed by atoms with Crippen LogP contribution in [0.2, 0.25) is 0 Å². The summed E-state index contributed by atoms with van der Waals surface area (Å²) in [5.74, 6) is 0. The Morgan fingerprint density at radius 1 is 1.60 bits per heavy atom. The van der Waals surface area contributed by atoms with E-state index in [0.717, 1.165) is 5.69 Å². The Balaban J connectivity index is 2.50. The summed E-state index contributed by atoms with van der Waals surface area (Å²) in [6.07, 6.45) is 4.95. The van der Waals surface area contributed by atoms with Gasteiger partial charge in [0.1, 0.15) is 5.49 Å². The van der Waals surface area contributed by atoms with Gasteiger partial charge in [-0.25, -0.2) is 0 Å². The lowest BCUT2D eigenvalue weighted by Gasteiger charge is -1.95. The molecule has 4 heteroatoms. The Morgan fingerprint density at radius 2 is 2.50 bits per heavy atom. The summed E-state index contributed by atoms with van der Waals surface area (Å²) in [6, 6.07) is 0. The zero-order chi connectivity index (χ0) is 7.23. The summed E-state index contributed by atoms with van der Waals surface area (Å²) in [5.41, 5.74) is 3.24. The topological polar surface area (TPSA) is 37.8 Å². The predicted molar refractivity (Wildman–Crippen MR) is 41.5 cm³/mol. The van der Waals surface area contributed by atoms with Crippen LogP contribution >= 0.6 is 12.2 Å². The molecule has 0 atom stereocenters. The van der Waals surface area contributed by atoms with E-state index in [9.17, 15) is 0 Å². The normalized spacial score (nSPS) is 8.80. The van der Waals surface area contributed by atoms with E-state index < -0.39 is 0 Å². The van der Waals surface area contributed by atoms with E-state index >= 15 is 0 Å². The van der Waals surface area contributed by atoms with Gasteiger partial charge in [-0.1, -0.05) is 12.2 Å². The molecule has 0 bridgehead atoms. The van der Waals surface area contributed by atoms with Crippen molar-refractivity contribution in [1.29, 1.82) is 0 Å². The lowest BCUT2D eigenvalue weighted by Crippen LogP contribution is -2.09. The molecule has 1 rings (SSSR count). The third-order valence-electron chi connectivity index (χ3n) is 0.958. The minimum Gasteiger partial charge on any atom is -0.368 e. The van der Waals surface area contributed by atoms with Gasteiger partial charge in [0.15, 0.2) is 0 Å². The van der Waals surface area contributed by atoms with E-state index in [2.05, 4.69) is 33.0 Å². The lowest BCUT2D eigenvalue weighted by atomic mass is 10.4. The van der Waals surface area contributed by atoms with Gasteiger partial charge in [0.05, 0.1) is 18.4 Å². The van der Waals surface area contributed by atoms with Crippen LogP contribution in [0.4, 0.5) is 0 Å². The smallest absolute Gasteiger partial charge is 0.134 e. The molecule has 10 heavy (non-hydrogen) atoms. The number of aromatic nitrogens is 2. The fourth-order valence-electron chi connectivity index (χ4n) is 0.548. The maximum absolute atomic E-state index is 4.44.